The quantitative estimate of drug-likeness (QED) is 0.277. The zero-order valence-electron chi connectivity index (χ0n) is 19.1. The fraction of sp³-hybridized carbons (Fsp3) is 0.250. The Morgan fingerprint density at radius 2 is 2.03 bits per heavy atom. The highest BCUT2D eigenvalue weighted by atomic mass is 32.2. The van der Waals surface area contributed by atoms with Crippen molar-refractivity contribution >= 4 is 49.9 Å². The summed E-state index contributed by atoms with van der Waals surface area (Å²) >= 11 is -1.18. The first-order valence-electron chi connectivity index (χ1n) is 11.4. The maximum absolute atomic E-state index is 12.5. The lowest BCUT2D eigenvalue weighted by Crippen LogP contribution is -2.38. The topological polar surface area (TPSA) is 125 Å². The third-order valence-electron chi connectivity index (χ3n) is 5.84. The lowest BCUT2D eigenvalue weighted by atomic mass is 10.1. The number of nitrogens with one attached hydrogen (secondary N) is 1. The Balaban J connectivity index is 1.12. The molecule has 1 N–H and O–H groups in total. The van der Waals surface area contributed by atoms with Gasteiger partial charge in [0.05, 0.1) is 22.5 Å². The Kier molecular flexibility index (Phi) is 7.35. The van der Waals surface area contributed by atoms with Gasteiger partial charge in [0.15, 0.2) is 5.13 Å². The number of amides is 1. The molecule has 0 bridgehead atoms. The number of thiazole rings is 1. The minimum Gasteiger partial charge on any atom is -0.755 e. The van der Waals surface area contributed by atoms with Crippen molar-refractivity contribution < 1.29 is 18.3 Å². The predicted octanol–water partition coefficient (Wildman–Crippen LogP) is 3.55. The molecule has 2 aromatic carbocycles. The van der Waals surface area contributed by atoms with E-state index >= 15 is 0 Å². The zero-order chi connectivity index (χ0) is 24.9. The number of fused-ring (bicyclic) bond motifs is 1. The first-order chi connectivity index (χ1) is 17.5. The van der Waals surface area contributed by atoms with E-state index in [9.17, 15) is 13.6 Å². The van der Waals surface area contributed by atoms with E-state index in [1.807, 2.05) is 58.3 Å². The number of hydrogen-bond acceptors (Lipinski definition) is 8. The van der Waals surface area contributed by atoms with Gasteiger partial charge in [-0.1, -0.05) is 46.9 Å². The Morgan fingerprint density at radius 3 is 2.81 bits per heavy atom. The number of rotatable bonds is 8. The fourth-order valence-electron chi connectivity index (χ4n) is 4.01. The SMILES string of the molecule is O=C(C=Cc1ccccc1)N1CCC(n2cc(COc3ccc4nc(NS(=O)[O-])sc4c3)nn2)CC1. The smallest absolute Gasteiger partial charge is 0.246 e. The summed E-state index contributed by atoms with van der Waals surface area (Å²) in [6, 6.07) is 15.3. The minimum atomic E-state index is -2.41. The summed E-state index contributed by atoms with van der Waals surface area (Å²) in [5.74, 6) is 0.651. The van der Waals surface area contributed by atoms with Crippen LogP contribution in [0, 0.1) is 0 Å². The second-order valence-corrected chi connectivity index (χ2v) is 9.97. The third-order valence-corrected chi connectivity index (χ3v) is 7.27. The number of anilines is 1. The van der Waals surface area contributed by atoms with Crippen LogP contribution >= 0.6 is 11.3 Å². The van der Waals surface area contributed by atoms with Crippen molar-refractivity contribution in [3.63, 3.8) is 0 Å². The molecule has 186 valence electrons. The van der Waals surface area contributed by atoms with Crippen molar-refractivity contribution in [3.8, 4) is 5.75 Å². The number of benzene rings is 2. The molecule has 12 heteroatoms. The summed E-state index contributed by atoms with van der Waals surface area (Å²) in [7, 11) is 0. The van der Waals surface area contributed by atoms with Gasteiger partial charge in [0.1, 0.15) is 18.1 Å². The summed E-state index contributed by atoms with van der Waals surface area (Å²) in [4.78, 5) is 18.6. The maximum atomic E-state index is 12.5. The highest BCUT2D eigenvalue weighted by molar-refractivity contribution is 7.80. The second kappa shape index (κ2) is 11.0. The van der Waals surface area contributed by atoms with E-state index in [-0.39, 0.29) is 18.6 Å². The molecule has 3 heterocycles. The van der Waals surface area contributed by atoms with Gasteiger partial charge >= 0.3 is 0 Å². The molecule has 0 radical (unpaired) electrons. The molecular formula is C24H23N6O4S2-. The lowest BCUT2D eigenvalue weighted by molar-refractivity contribution is -0.127. The highest BCUT2D eigenvalue weighted by Crippen LogP contribution is 2.30. The molecule has 4 aromatic rings. The van der Waals surface area contributed by atoms with Crippen LogP contribution < -0.4 is 9.46 Å². The van der Waals surface area contributed by atoms with Gasteiger partial charge in [-0.2, -0.15) is 0 Å². The average molecular weight is 524 g/mol. The Bertz CT molecular complexity index is 1400. The molecule has 36 heavy (non-hydrogen) atoms. The molecule has 0 spiro atoms. The van der Waals surface area contributed by atoms with Crippen LogP contribution in [0.4, 0.5) is 5.13 Å². The molecular weight excluding hydrogens is 500 g/mol. The number of aromatic nitrogens is 4. The highest BCUT2D eigenvalue weighted by Gasteiger charge is 2.23. The molecule has 1 atom stereocenters. The van der Waals surface area contributed by atoms with Crippen LogP contribution in [0.15, 0.2) is 60.8 Å². The molecule has 0 saturated carbocycles. The van der Waals surface area contributed by atoms with Crippen molar-refractivity contribution in [2.75, 3.05) is 17.8 Å². The molecule has 1 amide bonds. The van der Waals surface area contributed by atoms with Crippen LogP contribution in [-0.2, 0) is 22.7 Å². The summed E-state index contributed by atoms with van der Waals surface area (Å²) in [6.45, 7) is 1.58. The fourth-order valence-corrected chi connectivity index (χ4v) is 5.32. The summed E-state index contributed by atoms with van der Waals surface area (Å²) < 4.78 is 32.4. The lowest BCUT2D eigenvalue weighted by Gasteiger charge is -2.31. The van der Waals surface area contributed by atoms with E-state index < -0.39 is 11.3 Å². The summed E-state index contributed by atoms with van der Waals surface area (Å²) in [5.41, 5.74) is 2.39. The molecule has 5 rings (SSSR count). The van der Waals surface area contributed by atoms with Crippen molar-refractivity contribution in [1.82, 2.24) is 24.9 Å². The first kappa shape index (κ1) is 24.1. The molecule has 1 aliphatic heterocycles. The normalized spacial score (nSPS) is 15.4. The standard InChI is InChI=1S/C24H24N6O4S2/c31-23(9-6-17-4-2-1-3-5-17)29-12-10-19(11-13-29)30-15-18(26-28-30)16-34-20-7-8-21-22(14-20)35-24(25-21)27-36(32)33/h1-9,14-15,19H,10-13,16H2,(H,25,27)(H,32,33)/p-1. The van der Waals surface area contributed by atoms with Crippen LogP contribution in [-0.4, -0.2) is 52.6 Å². The van der Waals surface area contributed by atoms with Crippen molar-refractivity contribution in [3.05, 3.63) is 72.1 Å². The van der Waals surface area contributed by atoms with Crippen LogP contribution in [0.5, 0.6) is 5.75 Å². The van der Waals surface area contributed by atoms with Gasteiger partial charge < -0.3 is 14.2 Å². The molecule has 1 saturated heterocycles. The van der Waals surface area contributed by atoms with Gasteiger partial charge in [-0.15, -0.1) is 5.10 Å². The maximum Gasteiger partial charge on any atom is 0.246 e. The van der Waals surface area contributed by atoms with Gasteiger partial charge in [-0.05, 0) is 42.7 Å². The van der Waals surface area contributed by atoms with Crippen molar-refractivity contribution in [1.29, 1.82) is 0 Å². The van der Waals surface area contributed by atoms with Gasteiger partial charge in [-0.25, -0.2) is 9.67 Å². The first-order valence-corrected chi connectivity index (χ1v) is 13.2. The average Bonchev–Trinajstić information content (AvgIpc) is 3.52. The molecule has 1 unspecified atom stereocenters. The van der Waals surface area contributed by atoms with Crippen LogP contribution in [0.25, 0.3) is 16.3 Å². The number of likely N-dealkylation sites (tertiary alicyclic amines) is 1. The van der Waals surface area contributed by atoms with E-state index in [1.54, 1.807) is 18.2 Å². The summed E-state index contributed by atoms with van der Waals surface area (Å²) in [5, 5.41) is 8.81. The van der Waals surface area contributed by atoms with Gasteiger partial charge in [0.2, 0.25) is 5.91 Å². The Hall–Kier alpha value is -3.61. The number of ether oxygens (including phenoxy) is 1. The van der Waals surface area contributed by atoms with Crippen molar-refractivity contribution in [2.24, 2.45) is 0 Å². The number of hydrogen-bond donors (Lipinski definition) is 1. The van der Waals surface area contributed by atoms with E-state index in [1.165, 1.54) is 11.3 Å². The van der Waals surface area contributed by atoms with Crippen LogP contribution in [0.3, 0.4) is 0 Å². The van der Waals surface area contributed by atoms with Gasteiger partial charge in [0, 0.05) is 30.4 Å². The van der Waals surface area contributed by atoms with E-state index in [4.69, 9.17) is 4.74 Å². The van der Waals surface area contributed by atoms with E-state index in [0.717, 1.165) is 23.1 Å². The monoisotopic (exact) mass is 523 g/mol. The number of nitrogens with zero attached hydrogens (tertiary/aromatic N) is 5. The van der Waals surface area contributed by atoms with Crippen LogP contribution in [0.1, 0.15) is 30.1 Å². The largest absolute Gasteiger partial charge is 0.755 e. The summed E-state index contributed by atoms with van der Waals surface area (Å²) in [6.07, 6.45) is 6.97. The van der Waals surface area contributed by atoms with Gasteiger partial charge in [-0.3, -0.25) is 13.7 Å². The van der Waals surface area contributed by atoms with Gasteiger partial charge in [0.25, 0.3) is 0 Å². The Labute approximate surface area is 214 Å². The van der Waals surface area contributed by atoms with Crippen molar-refractivity contribution in [2.45, 2.75) is 25.5 Å². The predicted molar refractivity (Wildman–Crippen MR) is 137 cm³/mol. The molecule has 0 aliphatic carbocycles. The molecule has 1 aliphatic rings. The number of carbonyl (C=O) groups excluding carboxylic acids is 1. The number of piperidine rings is 1. The Morgan fingerprint density at radius 1 is 1.22 bits per heavy atom. The van der Waals surface area contributed by atoms with E-state index in [0.29, 0.717) is 35.2 Å². The van der Waals surface area contributed by atoms with Crippen LogP contribution in [0.2, 0.25) is 0 Å². The zero-order valence-corrected chi connectivity index (χ0v) is 20.8. The third kappa shape index (κ3) is 5.96. The molecule has 10 nitrogen and oxygen atoms in total. The minimum absolute atomic E-state index is 0.0204. The van der Waals surface area contributed by atoms with E-state index in [2.05, 4.69) is 20.0 Å². The molecule has 2 aromatic heterocycles. The number of carbonyl (C=O) groups is 1. The second-order valence-electron chi connectivity index (χ2n) is 8.26. The molecule has 1 fully saturated rings.